The van der Waals surface area contributed by atoms with Crippen molar-refractivity contribution in [2.75, 3.05) is 0 Å². The van der Waals surface area contributed by atoms with E-state index >= 15 is 0 Å². The molecule has 1 aliphatic heterocycles. The highest BCUT2D eigenvalue weighted by Gasteiger charge is 2.66. The van der Waals surface area contributed by atoms with E-state index in [1.54, 1.807) is 6.08 Å². The maximum absolute atomic E-state index is 13.2. The van der Waals surface area contributed by atoms with Gasteiger partial charge in [-0.15, -0.1) is 0 Å². The summed E-state index contributed by atoms with van der Waals surface area (Å²) >= 11 is 0. The molecule has 4 heteroatoms. The third-order valence-electron chi connectivity index (χ3n) is 9.35. The molecule has 1 heterocycles. The van der Waals surface area contributed by atoms with Gasteiger partial charge in [0.15, 0.2) is 0 Å². The molecule has 4 rings (SSSR count). The molecule has 7 atom stereocenters. The summed E-state index contributed by atoms with van der Waals surface area (Å²) in [6, 6.07) is 0.264. The molecule has 0 aromatic carbocycles. The average Bonchev–Trinajstić information content (AvgIpc) is 2.86. The minimum Gasteiger partial charge on any atom is -0.351 e. The molecule has 3 saturated carbocycles. The zero-order chi connectivity index (χ0) is 20.5. The van der Waals surface area contributed by atoms with E-state index in [2.05, 4.69) is 58.3 Å². The lowest BCUT2D eigenvalue weighted by Gasteiger charge is -2.63. The molecule has 0 bridgehead atoms. The van der Waals surface area contributed by atoms with Gasteiger partial charge in [-0.1, -0.05) is 26.8 Å². The van der Waals surface area contributed by atoms with Crippen molar-refractivity contribution in [3.63, 3.8) is 0 Å². The van der Waals surface area contributed by atoms with Gasteiger partial charge in [0.2, 0.25) is 11.8 Å². The predicted octanol–water partition coefficient (Wildman–Crippen LogP) is 4.20. The number of fused-ring (bicyclic) bond motifs is 5. The van der Waals surface area contributed by atoms with Gasteiger partial charge in [-0.2, -0.15) is 0 Å². The van der Waals surface area contributed by atoms with E-state index in [4.69, 9.17) is 0 Å². The topological polar surface area (TPSA) is 58.2 Å². The highest BCUT2D eigenvalue weighted by Crippen LogP contribution is 2.71. The third kappa shape index (κ3) is 2.69. The van der Waals surface area contributed by atoms with Crippen molar-refractivity contribution in [3.8, 4) is 0 Å². The van der Waals surface area contributed by atoms with Crippen LogP contribution in [0, 0.1) is 34.0 Å². The molecule has 3 aliphatic carbocycles. The Bertz CT molecular complexity index is 723. The van der Waals surface area contributed by atoms with Crippen LogP contribution < -0.4 is 10.6 Å². The molecule has 4 nitrogen and oxygen atoms in total. The summed E-state index contributed by atoms with van der Waals surface area (Å²) in [4.78, 5) is 25.1. The first-order valence-corrected chi connectivity index (χ1v) is 11.2. The molecular formula is C24H38N2O2. The molecule has 0 radical (unpaired) electrons. The summed E-state index contributed by atoms with van der Waals surface area (Å²) in [5, 5.41) is 6.51. The van der Waals surface area contributed by atoms with E-state index in [-0.39, 0.29) is 45.6 Å². The molecule has 1 unspecified atom stereocenters. The smallest absolute Gasteiger partial charge is 0.243 e. The Morgan fingerprint density at radius 2 is 1.71 bits per heavy atom. The zero-order valence-electron chi connectivity index (χ0n) is 18.5. The molecule has 2 amide bonds. The second-order valence-corrected chi connectivity index (χ2v) is 11.8. The van der Waals surface area contributed by atoms with Gasteiger partial charge in [0.1, 0.15) is 0 Å². The minimum absolute atomic E-state index is 0.0485. The Kier molecular flexibility index (Phi) is 4.34. The van der Waals surface area contributed by atoms with Crippen LogP contribution in [0.2, 0.25) is 0 Å². The molecule has 28 heavy (non-hydrogen) atoms. The monoisotopic (exact) mass is 386 g/mol. The first-order chi connectivity index (χ1) is 12.9. The van der Waals surface area contributed by atoms with Crippen LogP contribution in [0.3, 0.4) is 0 Å². The number of carbonyl (C=O) groups excluding carboxylic acids is 2. The maximum Gasteiger partial charge on any atom is 0.243 e. The van der Waals surface area contributed by atoms with Crippen molar-refractivity contribution in [2.45, 2.75) is 91.6 Å². The van der Waals surface area contributed by atoms with Gasteiger partial charge in [0, 0.05) is 22.9 Å². The molecule has 2 N–H and O–H groups in total. The fraction of sp³-hybridized carbons (Fsp3) is 0.833. The molecule has 0 aromatic rings. The Morgan fingerprint density at radius 3 is 2.39 bits per heavy atom. The van der Waals surface area contributed by atoms with Crippen LogP contribution in [0.25, 0.3) is 0 Å². The van der Waals surface area contributed by atoms with Crippen molar-refractivity contribution in [2.24, 2.45) is 34.0 Å². The van der Waals surface area contributed by atoms with Crippen molar-refractivity contribution in [1.82, 2.24) is 10.6 Å². The van der Waals surface area contributed by atoms with Gasteiger partial charge in [-0.25, -0.2) is 0 Å². The second kappa shape index (κ2) is 6.09. The lowest BCUT2D eigenvalue weighted by atomic mass is 9.42. The van der Waals surface area contributed by atoms with E-state index in [0.717, 1.165) is 32.1 Å². The normalized spacial score (nSPS) is 47.6. The highest BCUT2D eigenvalue weighted by atomic mass is 16.2. The Balaban J connectivity index is 1.64. The maximum atomic E-state index is 13.2. The van der Waals surface area contributed by atoms with Crippen molar-refractivity contribution < 1.29 is 9.59 Å². The number of amides is 2. The van der Waals surface area contributed by atoms with Gasteiger partial charge in [-0.05, 0) is 88.0 Å². The zero-order valence-corrected chi connectivity index (χ0v) is 18.5. The molecule has 0 saturated heterocycles. The predicted molar refractivity (Wildman–Crippen MR) is 111 cm³/mol. The summed E-state index contributed by atoms with van der Waals surface area (Å²) in [6.45, 7) is 13.5. The lowest BCUT2D eigenvalue weighted by Crippen LogP contribution is -2.62. The fourth-order valence-electron chi connectivity index (χ4n) is 7.62. The van der Waals surface area contributed by atoms with Crippen LogP contribution >= 0.6 is 0 Å². The quantitative estimate of drug-likeness (QED) is 0.709. The van der Waals surface area contributed by atoms with Crippen LogP contribution in [-0.2, 0) is 9.59 Å². The summed E-state index contributed by atoms with van der Waals surface area (Å²) < 4.78 is 0. The number of hydrogen-bond acceptors (Lipinski definition) is 2. The summed E-state index contributed by atoms with van der Waals surface area (Å²) in [5.41, 5.74) is 0.126. The first-order valence-electron chi connectivity index (χ1n) is 11.2. The largest absolute Gasteiger partial charge is 0.351 e. The SMILES string of the molecule is CC(C)(C)NC(=O)C1CC[C@@]2(C)[C@@H]3CC[C@H]4NC(=O)C=C[C@]4(C)[C@H]3CC[C@]12C. The van der Waals surface area contributed by atoms with Crippen LogP contribution in [0.1, 0.15) is 80.1 Å². The molecule has 156 valence electrons. The van der Waals surface area contributed by atoms with Crippen LogP contribution in [0.4, 0.5) is 0 Å². The average molecular weight is 387 g/mol. The molecule has 0 spiro atoms. The van der Waals surface area contributed by atoms with Gasteiger partial charge in [0.25, 0.3) is 0 Å². The summed E-state index contributed by atoms with van der Waals surface area (Å²) in [7, 11) is 0. The Labute approximate surface area is 170 Å². The third-order valence-corrected chi connectivity index (χ3v) is 9.35. The molecule has 4 aliphatic rings. The van der Waals surface area contributed by atoms with E-state index < -0.39 is 0 Å². The first kappa shape index (κ1) is 20.0. The summed E-state index contributed by atoms with van der Waals surface area (Å²) in [5.74, 6) is 1.64. The lowest BCUT2D eigenvalue weighted by molar-refractivity contribution is -0.147. The number of rotatable bonds is 1. The Hall–Kier alpha value is -1.32. The van der Waals surface area contributed by atoms with E-state index in [0.29, 0.717) is 11.8 Å². The standard InChI is InChI=1S/C24H38N2O2/c1-21(2,3)26-20(28)17-10-14-23(5)16-7-8-18-22(4,12-11-19(27)25-18)15(16)9-13-24(17,23)6/h11-12,15-18H,7-10,13-14H2,1-6H3,(H,25,27)(H,26,28)/t15-,16+,17?,18+,22+,23-,24+/m0/s1. The van der Waals surface area contributed by atoms with Gasteiger partial charge in [0.05, 0.1) is 0 Å². The van der Waals surface area contributed by atoms with Crippen molar-refractivity contribution >= 4 is 11.8 Å². The number of carbonyl (C=O) groups is 2. The molecule has 0 aromatic heterocycles. The second-order valence-electron chi connectivity index (χ2n) is 11.8. The molecular weight excluding hydrogens is 348 g/mol. The van der Waals surface area contributed by atoms with E-state index in [9.17, 15) is 9.59 Å². The highest BCUT2D eigenvalue weighted by molar-refractivity contribution is 5.89. The number of nitrogens with one attached hydrogen (secondary N) is 2. The van der Waals surface area contributed by atoms with Crippen molar-refractivity contribution in [1.29, 1.82) is 0 Å². The minimum atomic E-state index is -0.180. The van der Waals surface area contributed by atoms with Crippen LogP contribution in [-0.4, -0.2) is 23.4 Å². The van der Waals surface area contributed by atoms with Gasteiger partial charge in [-0.3, -0.25) is 9.59 Å². The van der Waals surface area contributed by atoms with Crippen LogP contribution in [0.5, 0.6) is 0 Å². The van der Waals surface area contributed by atoms with E-state index in [1.165, 1.54) is 6.42 Å². The molecule has 3 fully saturated rings. The van der Waals surface area contributed by atoms with Crippen molar-refractivity contribution in [3.05, 3.63) is 12.2 Å². The summed E-state index contributed by atoms with van der Waals surface area (Å²) in [6.07, 6.45) is 10.6. The van der Waals surface area contributed by atoms with Gasteiger partial charge < -0.3 is 10.6 Å². The number of hydrogen-bond donors (Lipinski definition) is 2. The van der Waals surface area contributed by atoms with Gasteiger partial charge >= 0.3 is 0 Å². The fourth-order valence-corrected chi connectivity index (χ4v) is 7.62. The van der Waals surface area contributed by atoms with Crippen LogP contribution in [0.15, 0.2) is 12.2 Å². The van der Waals surface area contributed by atoms with E-state index in [1.807, 2.05) is 0 Å². The Morgan fingerprint density at radius 1 is 1.04 bits per heavy atom.